The van der Waals surface area contributed by atoms with Gasteiger partial charge in [-0.15, -0.1) is 0 Å². The van der Waals surface area contributed by atoms with E-state index in [-0.39, 0.29) is 0 Å². The number of oxazole rings is 1. The molecule has 0 radical (unpaired) electrons. The smallest absolute Gasteiger partial charge is 0.231 e. The Morgan fingerprint density at radius 2 is 0.870 bits per heavy atom. The lowest BCUT2D eigenvalue weighted by atomic mass is 10.0. The van der Waals surface area contributed by atoms with Gasteiger partial charge >= 0.3 is 0 Å². The summed E-state index contributed by atoms with van der Waals surface area (Å²) in [6, 6.07) is 48.5. The van der Waals surface area contributed by atoms with Crippen molar-refractivity contribution in [2.45, 2.75) is 0 Å². The third kappa shape index (κ3) is 4.43. The Morgan fingerprint density at radius 3 is 1.57 bits per heavy atom. The summed E-state index contributed by atoms with van der Waals surface area (Å²) < 4.78 is 12.8. The van der Waals surface area contributed by atoms with E-state index in [0.29, 0.717) is 34.5 Å². The van der Waals surface area contributed by atoms with Crippen LogP contribution in [0.5, 0.6) is 0 Å². The molecule has 0 aliphatic heterocycles. The summed E-state index contributed by atoms with van der Waals surface area (Å²) in [7, 11) is 0. The summed E-state index contributed by atoms with van der Waals surface area (Å²) in [4.78, 5) is 19.7. The molecule has 0 fully saturated rings. The first-order valence-electron chi connectivity index (χ1n) is 15.1. The van der Waals surface area contributed by atoms with E-state index >= 15 is 0 Å². The fourth-order valence-electron chi connectivity index (χ4n) is 5.94. The summed E-state index contributed by atoms with van der Waals surface area (Å²) in [6.45, 7) is 0. The molecule has 6 nitrogen and oxygen atoms in total. The van der Waals surface area contributed by atoms with Gasteiger partial charge in [0.1, 0.15) is 16.7 Å². The van der Waals surface area contributed by atoms with Gasteiger partial charge in [0, 0.05) is 21.9 Å². The number of hydrogen-bond donors (Lipinski definition) is 0. The summed E-state index contributed by atoms with van der Waals surface area (Å²) in [5, 5.41) is 1.92. The van der Waals surface area contributed by atoms with Crippen LogP contribution in [0.3, 0.4) is 0 Å². The van der Waals surface area contributed by atoms with Crippen LogP contribution in [0.4, 0.5) is 0 Å². The Kier molecular flexibility index (Phi) is 6.03. The maximum absolute atomic E-state index is 6.68. The molecule has 3 heterocycles. The van der Waals surface area contributed by atoms with Gasteiger partial charge in [-0.3, -0.25) is 0 Å². The molecule has 0 atom stereocenters. The quantitative estimate of drug-likeness (QED) is 0.198. The molecule has 0 N–H and O–H groups in total. The first-order valence-corrected chi connectivity index (χ1v) is 15.1. The highest BCUT2D eigenvalue weighted by Crippen LogP contribution is 2.40. The third-order valence-electron chi connectivity index (χ3n) is 8.21. The summed E-state index contributed by atoms with van der Waals surface area (Å²) >= 11 is 0. The van der Waals surface area contributed by atoms with Gasteiger partial charge in [0.25, 0.3) is 0 Å². The number of furan rings is 1. The maximum atomic E-state index is 6.68. The number of nitrogens with zero attached hydrogens (tertiary/aromatic N) is 4. The minimum atomic E-state index is 0.514. The van der Waals surface area contributed by atoms with Crippen molar-refractivity contribution in [3.05, 3.63) is 146 Å². The lowest BCUT2D eigenvalue weighted by Crippen LogP contribution is -2.00. The Balaban J connectivity index is 1.22. The standard InChI is InChI=1S/C40H24N4O2/c1-3-11-25(12-4-1)26-21-23-28(24-22-26)38-42-37(27-13-5-2-6-14-27)43-39(44-38)31-17-9-15-29-30-16-10-18-32(36(30)46-35(29)31)40-41-33-19-7-8-20-34(33)45-40/h1-24H. The molecule has 0 spiro atoms. The molecule has 3 aromatic heterocycles. The van der Waals surface area contributed by atoms with Crippen LogP contribution in [-0.4, -0.2) is 19.9 Å². The van der Waals surface area contributed by atoms with E-state index < -0.39 is 0 Å². The van der Waals surface area contributed by atoms with Crippen LogP contribution in [0.1, 0.15) is 0 Å². The van der Waals surface area contributed by atoms with Crippen molar-refractivity contribution in [3.8, 4) is 56.7 Å². The zero-order valence-electron chi connectivity index (χ0n) is 24.5. The van der Waals surface area contributed by atoms with E-state index in [1.54, 1.807) is 0 Å². The maximum Gasteiger partial charge on any atom is 0.231 e. The van der Waals surface area contributed by atoms with Gasteiger partial charge in [0.05, 0.1) is 11.1 Å². The van der Waals surface area contributed by atoms with E-state index in [2.05, 4.69) is 48.5 Å². The highest BCUT2D eigenvalue weighted by molar-refractivity contribution is 6.12. The Bertz CT molecular complexity index is 2490. The van der Waals surface area contributed by atoms with E-state index in [0.717, 1.165) is 55.3 Å². The average Bonchev–Trinajstić information content (AvgIpc) is 3.74. The van der Waals surface area contributed by atoms with Gasteiger partial charge in [-0.05, 0) is 35.4 Å². The fraction of sp³-hybridized carbons (Fsp3) is 0. The predicted octanol–water partition coefficient (Wildman–Crippen LogP) is 10.2. The molecule has 0 aliphatic rings. The second-order valence-corrected chi connectivity index (χ2v) is 11.1. The van der Waals surface area contributed by atoms with Crippen molar-refractivity contribution in [2.75, 3.05) is 0 Å². The minimum absolute atomic E-state index is 0.514. The van der Waals surface area contributed by atoms with Crippen molar-refractivity contribution in [2.24, 2.45) is 0 Å². The van der Waals surface area contributed by atoms with Crippen LogP contribution in [0.2, 0.25) is 0 Å². The van der Waals surface area contributed by atoms with Crippen LogP contribution in [0.15, 0.2) is 154 Å². The van der Waals surface area contributed by atoms with Gasteiger partial charge < -0.3 is 8.83 Å². The number of aromatic nitrogens is 4. The molecule has 46 heavy (non-hydrogen) atoms. The number of benzene rings is 6. The zero-order chi connectivity index (χ0) is 30.5. The molecule has 0 amide bonds. The van der Waals surface area contributed by atoms with Crippen molar-refractivity contribution in [1.29, 1.82) is 0 Å². The second-order valence-electron chi connectivity index (χ2n) is 11.1. The average molecular weight is 593 g/mol. The number of para-hydroxylation sites is 4. The zero-order valence-corrected chi connectivity index (χ0v) is 24.5. The molecular weight excluding hydrogens is 568 g/mol. The molecule has 0 aliphatic carbocycles. The van der Waals surface area contributed by atoms with Gasteiger partial charge in [-0.1, -0.05) is 121 Å². The van der Waals surface area contributed by atoms with E-state index in [1.165, 1.54) is 0 Å². The lowest BCUT2D eigenvalue weighted by Gasteiger charge is -2.09. The van der Waals surface area contributed by atoms with Gasteiger partial charge in [-0.25, -0.2) is 19.9 Å². The third-order valence-corrected chi connectivity index (χ3v) is 8.21. The highest BCUT2D eigenvalue weighted by Gasteiger charge is 2.21. The highest BCUT2D eigenvalue weighted by atomic mass is 16.4. The molecule has 6 heteroatoms. The molecule has 0 bridgehead atoms. The molecule has 9 aromatic rings. The molecule has 0 unspecified atom stereocenters. The Morgan fingerprint density at radius 1 is 0.348 bits per heavy atom. The van der Waals surface area contributed by atoms with Crippen molar-refractivity contribution in [1.82, 2.24) is 19.9 Å². The lowest BCUT2D eigenvalue weighted by molar-refractivity contribution is 0.615. The van der Waals surface area contributed by atoms with Crippen molar-refractivity contribution in [3.63, 3.8) is 0 Å². The van der Waals surface area contributed by atoms with Crippen LogP contribution in [0.25, 0.3) is 89.8 Å². The summed E-state index contributed by atoms with van der Waals surface area (Å²) in [6.07, 6.45) is 0. The molecule has 6 aromatic carbocycles. The van der Waals surface area contributed by atoms with Gasteiger partial charge in [-0.2, -0.15) is 0 Å². The number of hydrogen-bond acceptors (Lipinski definition) is 6. The summed E-state index contributed by atoms with van der Waals surface area (Å²) in [5.41, 5.74) is 8.58. The van der Waals surface area contributed by atoms with Crippen LogP contribution < -0.4 is 0 Å². The fourth-order valence-corrected chi connectivity index (χ4v) is 5.94. The number of fused-ring (bicyclic) bond motifs is 4. The number of rotatable bonds is 5. The van der Waals surface area contributed by atoms with E-state index in [1.807, 2.05) is 97.1 Å². The largest absolute Gasteiger partial charge is 0.454 e. The van der Waals surface area contributed by atoms with Gasteiger partial charge in [0.2, 0.25) is 5.89 Å². The Labute approximate surface area is 263 Å². The first kappa shape index (κ1) is 26.0. The van der Waals surface area contributed by atoms with E-state index in [4.69, 9.17) is 28.8 Å². The van der Waals surface area contributed by atoms with E-state index in [9.17, 15) is 0 Å². The molecular formula is C40H24N4O2. The summed E-state index contributed by atoms with van der Waals surface area (Å²) in [5.74, 6) is 2.22. The predicted molar refractivity (Wildman–Crippen MR) is 182 cm³/mol. The topological polar surface area (TPSA) is 77.8 Å². The second kappa shape index (κ2) is 10.6. The van der Waals surface area contributed by atoms with Crippen molar-refractivity contribution >= 4 is 33.0 Å². The van der Waals surface area contributed by atoms with Crippen LogP contribution in [-0.2, 0) is 0 Å². The first-order chi connectivity index (χ1) is 22.8. The molecule has 9 rings (SSSR count). The molecule has 0 saturated carbocycles. The molecule has 216 valence electrons. The SMILES string of the molecule is c1ccc(-c2ccc(-c3nc(-c4ccccc4)nc(-c4cccc5c4oc4c(-c6nc7ccccc7o6)cccc45)n3)cc2)cc1. The van der Waals surface area contributed by atoms with Crippen LogP contribution >= 0.6 is 0 Å². The normalized spacial score (nSPS) is 11.5. The van der Waals surface area contributed by atoms with Crippen molar-refractivity contribution < 1.29 is 8.83 Å². The minimum Gasteiger partial charge on any atom is -0.454 e. The molecule has 0 saturated heterocycles. The monoisotopic (exact) mass is 592 g/mol. The Hall–Kier alpha value is -6.40. The van der Waals surface area contributed by atoms with Crippen LogP contribution in [0, 0.1) is 0 Å². The van der Waals surface area contributed by atoms with Gasteiger partial charge in [0.15, 0.2) is 23.1 Å².